The molecule has 4 rings (SSSR count). The summed E-state index contributed by atoms with van der Waals surface area (Å²) in [6.07, 6.45) is 0. The topological polar surface area (TPSA) is 69.6 Å². The SMILES string of the molecule is Cc1cccc(C2(c3cccc(C)c3O)C(=O)Nc3ccccc32)c1O. The molecule has 3 N–H and O–H groups in total. The van der Waals surface area contributed by atoms with E-state index < -0.39 is 5.41 Å². The molecule has 0 spiro atoms. The van der Waals surface area contributed by atoms with Crippen molar-refractivity contribution in [2.45, 2.75) is 19.3 Å². The van der Waals surface area contributed by atoms with Gasteiger partial charge in [0.25, 0.3) is 0 Å². The number of carbonyl (C=O) groups excluding carboxylic acids is 1. The van der Waals surface area contributed by atoms with E-state index >= 15 is 0 Å². The first kappa shape index (κ1) is 16.2. The van der Waals surface area contributed by atoms with Crippen LogP contribution in [0.5, 0.6) is 11.5 Å². The van der Waals surface area contributed by atoms with Gasteiger partial charge in [0.2, 0.25) is 5.91 Å². The van der Waals surface area contributed by atoms with Crippen LogP contribution in [0, 0.1) is 13.8 Å². The van der Waals surface area contributed by atoms with Gasteiger partial charge < -0.3 is 15.5 Å². The summed E-state index contributed by atoms with van der Waals surface area (Å²) in [4.78, 5) is 13.3. The molecule has 26 heavy (non-hydrogen) atoms. The number of nitrogens with one attached hydrogen (secondary N) is 1. The molecule has 1 amide bonds. The summed E-state index contributed by atoms with van der Waals surface area (Å²) in [7, 11) is 0. The number of fused-ring (bicyclic) bond motifs is 1. The first-order chi connectivity index (χ1) is 12.5. The number of hydrogen-bond acceptors (Lipinski definition) is 3. The van der Waals surface area contributed by atoms with Gasteiger partial charge in [-0.25, -0.2) is 0 Å². The van der Waals surface area contributed by atoms with Crippen LogP contribution in [0.15, 0.2) is 60.7 Å². The Morgan fingerprint density at radius 3 is 1.81 bits per heavy atom. The fraction of sp³-hybridized carbons (Fsp3) is 0.136. The van der Waals surface area contributed by atoms with E-state index in [1.165, 1.54) is 0 Å². The lowest BCUT2D eigenvalue weighted by Gasteiger charge is -2.31. The zero-order valence-electron chi connectivity index (χ0n) is 14.6. The molecule has 1 heterocycles. The summed E-state index contributed by atoms with van der Waals surface area (Å²) in [6.45, 7) is 3.59. The minimum Gasteiger partial charge on any atom is -0.507 e. The summed E-state index contributed by atoms with van der Waals surface area (Å²) in [5.41, 5.74) is 2.34. The number of carbonyl (C=O) groups is 1. The number of phenols is 2. The first-order valence-corrected chi connectivity index (χ1v) is 8.47. The molecule has 3 aromatic rings. The molecule has 0 aromatic heterocycles. The van der Waals surface area contributed by atoms with Crippen molar-refractivity contribution in [2.75, 3.05) is 5.32 Å². The minimum atomic E-state index is -1.32. The van der Waals surface area contributed by atoms with Crippen molar-refractivity contribution in [1.29, 1.82) is 0 Å². The van der Waals surface area contributed by atoms with Gasteiger partial charge in [-0.15, -0.1) is 0 Å². The molecule has 130 valence electrons. The van der Waals surface area contributed by atoms with Crippen LogP contribution < -0.4 is 5.32 Å². The van der Waals surface area contributed by atoms with Crippen molar-refractivity contribution in [2.24, 2.45) is 0 Å². The Kier molecular flexibility index (Phi) is 3.51. The molecule has 3 aromatic carbocycles. The third-order valence-corrected chi connectivity index (χ3v) is 5.20. The lowest BCUT2D eigenvalue weighted by Crippen LogP contribution is -2.37. The second-order valence-corrected chi connectivity index (χ2v) is 6.69. The number of para-hydroxylation sites is 3. The monoisotopic (exact) mass is 345 g/mol. The Balaban J connectivity index is 2.18. The van der Waals surface area contributed by atoms with E-state index in [-0.39, 0.29) is 17.4 Å². The predicted molar refractivity (Wildman–Crippen MR) is 101 cm³/mol. The molecule has 4 nitrogen and oxygen atoms in total. The maximum absolute atomic E-state index is 13.3. The summed E-state index contributed by atoms with van der Waals surface area (Å²) < 4.78 is 0. The van der Waals surface area contributed by atoms with Crippen molar-refractivity contribution in [3.63, 3.8) is 0 Å². The summed E-state index contributed by atoms with van der Waals surface area (Å²) >= 11 is 0. The molecule has 0 radical (unpaired) electrons. The maximum atomic E-state index is 13.3. The van der Waals surface area contributed by atoms with E-state index in [2.05, 4.69) is 5.32 Å². The standard InChI is InChI=1S/C22H19NO3/c1-13-7-5-10-16(19(13)24)22(17-11-6-8-14(2)20(17)25)15-9-3-4-12-18(15)23-21(22)26/h3-12,24-25H,1-2H3,(H,23,26). The van der Waals surface area contributed by atoms with Gasteiger partial charge in [0.1, 0.15) is 16.9 Å². The Bertz CT molecular complexity index is 988. The van der Waals surface area contributed by atoms with Crippen molar-refractivity contribution in [3.8, 4) is 11.5 Å². The number of phenolic OH excluding ortho intramolecular Hbond substituents is 2. The summed E-state index contributed by atoms with van der Waals surface area (Å²) in [5.74, 6) is -0.180. The van der Waals surface area contributed by atoms with E-state index in [4.69, 9.17) is 0 Å². The van der Waals surface area contributed by atoms with Crippen LogP contribution in [0.1, 0.15) is 27.8 Å². The van der Waals surface area contributed by atoms with Gasteiger partial charge in [-0.3, -0.25) is 4.79 Å². The Labute approximate surface area is 151 Å². The third-order valence-electron chi connectivity index (χ3n) is 5.20. The molecule has 0 atom stereocenters. The highest BCUT2D eigenvalue weighted by molar-refractivity contribution is 6.12. The van der Waals surface area contributed by atoms with Crippen LogP contribution in [0.25, 0.3) is 0 Å². The van der Waals surface area contributed by atoms with E-state index in [1.807, 2.05) is 36.4 Å². The lowest BCUT2D eigenvalue weighted by atomic mass is 9.69. The van der Waals surface area contributed by atoms with E-state index in [0.29, 0.717) is 33.5 Å². The van der Waals surface area contributed by atoms with Crippen LogP contribution in [0.3, 0.4) is 0 Å². The van der Waals surface area contributed by atoms with E-state index in [1.54, 1.807) is 38.1 Å². The van der Waals surface area contributed by atoms with Gasteiger partial charge in [0.05, 0.1) is 0 Å². The van der Waals surface area contributed by atoms with Gasteiger partial charge in [0.15, 0.2) is 0 Å². The normalized spacial score (nSPS) is 14.8. The molecule has 0 bridgehead atoms. The molecule has 1 aliphatic heterocycles. The first-order valence-electron chi connectivity index (χ1n) is 8.47. The number of hydrogen-bond donors (Lipinski definition) is 3. The van der Waals surface area contributed by atoms with Gasteiger partial charge in [-0.05, 0) is 31.0 Å². The largest absolute Gasteiger partial charge is 0.507 e. The average molecular weight is 345 g/mol. The number of anilines is 1. The molecule has 0 saturated heterocycles. The predicted octanol–water partition coefficient (Wildman–Crippen LogP) is 4.00. The van der Waals surface area contributed by atoms with Gasteiger partial charge in [0, 0.05) is 22.4 Å². The molecular formula is C22H19NO3. The van der Waals surface area contributed by atoms with E-state index in [9.17, 15) is 15.0 Å². The van der Waals surface area contributed by atoms with Crippen molar-refractivity contribution < 1.29 is 15.0 Å². The van der Waals surface area contributed by atoms with Crippen LogP contribution in [0.4, 0.5) is 5.69 Å². The minimum absolute atomic E-state index is 0.0558. The summed E-state index contributed by atoms with van der Waals surface area (Å²) in [6, 6.07) is 18.1. The number of amides is 1. The lowest BCUT2D eigenvalue weighted by molar-refractivity contribution is -0.118. The Morgan fingerprint density at radius 2 is 1.23 bits per heavy atom. The summed E-state index contributed by atoms with van der Waals surface area (Å²) in [5, 5.41) is 24.6. The van der Waals surface area contributed by atoms with E-state index in [0.717, 1.165) is 0 Å². The maximum Gasteiger partial charge on any atom is 0.244 e. The highest BCUT2D eigenvalue weighted by atomic mass is 16.3. The highest BCUT2D eigenvalue weighted by Crippen LogP contribution is 2.52. The smallest absolute Gasteiger partial charge is 0.244 e. The Hall–Kier alpha value is -3.27. The van der Waals surface area contributed by atoms with Crippen LogP contribution in [-0.2, 0) is 10.2 Å². The van der Waals surface area contributed by atoms with Gasteiger partial charge in [-0.2, -0.15) is 0 Å². The van der Waals surface area contributed by atoms with Crippen molar-refractivity contribution >= 4 is 11.6 Å². The fourth-order valence-electron chi connectivity index (χ4n) is 3.86. The van der Waals surface area contributed by atoms with Gasteiger partial charge >= 0.3 is 0 Å². The number of benzene rings is 3. The third kappa shape index (κ3) is 1.99. The van der Waals surface area contributed by atoms with Gasteiger partial charge in [-0.1, -0.05) is 54.6 Å². The molecular weight excluding hydrogens is 326 g/mol. The Morgan fingerprint density at radius 1 is 0.731 bits per heavy atom. The second kappa shape index (κ2) is 5.63. The molecule has 1 aliphatic rings. The highest BCUT2D eigenvalue weighted by Gasteiger charge is 2.52. The molecule has 0 unspecified atom stereocenters. The fourth-order valence-corrected chi connectivity index (χ4v) is 3.86. The zero-order chi connectivity index (χ0) is 18.5. The van der Waals surface area contributed by atoms with Crippen LogP contribution in [0.2, 0.25) is 0 Å². The van der Waals surface area contributed by atoms with Crippen molar-refractivity contribution in [3.05, 3.63) is 88.5 Å². The molecule has 0 fully saturated rings. The van der Waals surface area contributed by atoms with Crippen LogP contribution >= 0.6 is 0 Å². The molecule has 4 heteroatoms. The average Bonchev–Trinajstić information content (AvgIpc) is 2.92. The van der Waals surface area contributed by atoms with Crippen LogP contribution in [-0.4, -0.2) is 16.1 Å². The quantitative estimate of drug-likeness (QED) is 0.657. The second-order valence-electron chi connectivity index (χ2n) is 6.69. The number of rotatable bonds is 2. The van der Waals surface area contributed by atoms with Crippen molar-refractivity contribution in [1.82, 2.24) is 0 Å². The zero-order valence-corrected chi connectivity index (χ0v) is 14.6. The number of aryl methyl sites for hydroxylation is 2. The molecule has 0 saturated carbocycles. The molecule has 0 aliphatic carbocycles. The number of aromatic hydroxyl groups is 2.